The molecule has 1 atom stereocenters. The summed E-state index contributed by atoms with van der Waals surface area (Å²) >= 11 is 0. The molecule has 0 bridgehead atoms. The maximum absolute atomic E-state index is 12.7. The zero-order valence-electron chi connectivity index (χ0n) is 14.8. The van der Waals surface area contributed by atoms with Crippen LogP contribution in [0.2, 0.25) is 0 Å². The van der Waals surface area contributed by atoms with E-state index in [1.54, 1.807) is 0 Å². The van der Waals surface area contributed by atoms with Gasteiger partial charge in [-0.3, -0.25) is 4.79 Å². The van der Waals surface area contributed by atoms with Crippen molar-refractivity contribution in [3.63, 3.8) is 0 Å². The molecule has 25 heavy (non-hydrogen) atoms. The van der Waals surface area contributed by atoms with Gasteiger partial charge in [0.15, 0.2) is 0 Å². The molecule has 2 aliphatic rings. The van der Waals surface area contributed by atoms with Crippen LogP contribution in [0.25, 0.3) is 0 Å². The van der Waals surface area contributed by atoms with Crippen molar-refractivity contribution < 1.29 is 14.3 Å². The van der Waals surface area contributed by atoms with Gasteiger partial charge in [0, 0.05) is 31.6 Å². The summed E-state index contributed by atoms with van der Waals surface area (Å²) in [7, 11) is 0. The Morgan fingerprint density at radius 3 is 2.72 bits per heavy atom. The van der Waals surface area contributed by atoms with E-state index in [4.69, 9.17) is 4.74 Å². The predicted octanol–water partition coefficient (Wildman–Crippen LogP) is 1.94. The molecule has 0 aromatic heterocycles. The van der Waals surface area contributed by atoms with Crippen molar-refractivity contribution in [1.29, 1.82) is 0 Å². The van der Waals surface area contributed by atoms with Crippen LogP contribution in [-0.4, -0.2) is 49.1 Å². The highest BCUT2D eigenvalue weighted by Gasteiger charge is 2.28. The van der Waals surface area contributed by atoms with Crippen molar-refractivity contribution in [2.75, 3.05) is 26.2 Å². The van der Waals surface area contributed by atoms with Crippen molar-refractivity contribution in [1.82, 2.24) is 15.5 Å². The predicted molar refractivity (Wildman–Crippen MR) is 95.6 cm³/mol. The van der Waals surface area contributed by atoms with Crippen LogP contribution in [0, 0.1) is 5.92 Å². The standard InChI is InChI=1S/C19H27N3O3/c1-2-20-19(24)22-10-7-16(8-11-22)21-18(23)15-9-12-25-17-6-4-3-5-14(17)13-15/h3-6,15-16H,2,7-13H2,1H3,(H,20,24)(H,21,23)/t15-/m0/s1. The maximum Gasteiger partial charge on any atom is 0.317 e. The Morgan fingerprint density at radius 2 is 1.96 bits per heavy atom. The zero-order valence-corrected chi connectivity index (χ0v) is 14.8. The second-order valence-electron chi connectivity index (χ2n) is 6.75. The minimum Gasteiger partial charge on any atom is -0.493 e. The van der Waals surface area contributed by atoms with Gasteiger partial charge >= 0.3 is 6.03 Å². The number of hydrogen-bond acceptors (Lipinski definition) is 3. The quantitative estimate of drug-likeness (QED) is 0.879. The number of rotatable bonds is 3. The highest BCUT2D eigenvalue weighted by Crippen LogP contribution is 2.27. The number of urea groups is 1. The highest BCUT2D eigenvalue weighted by molar-refractivity contribution is 5.79. The first-order valence-electron chi connectivity index (χ1n) is 9.21. The van der Waals surface area contributed by atoms with E-state index >= 15 is 0 Å². The van der Waals surface area contributed by atoms with E-state index in [1.165, 1.54) is 0 Å². The molecule has 0 unspecified atom stereocenters. The van der Waals surface area contributed by atoms with E-state index in [1.807, 2.05) is 36.1 Å². The van der Waals surface area contributed by atoms with Crippen LogP contribution in [0.5, 0.6) is 5.75 Å². The third-order valence-corrected chi connectivity index (χ3v) is 4.99. The molecule has 1 saturated heterocycles. The number of carbonyl (C=O) groups is 2. The second kappa shape index (κ2) is 8.23. The number of nitrogens with zero attached hydrogens (tertiary/aromatic N) is 1. The molecule has 6 heteroatoms. The number of piperidine rings is 1. The van der Waals surface area contributed by atoms with Crippen molar-refractivity contribution in [2.45, 2.75) is 38.6 Å². The molecule has 1 aromatic rings. The van der Waals surface area contributed by atoms with Gasteiger partial charge in [0.2, 0.25) is 5.91 Å². The van der Waals surface area contributed by atoms with E-state index in [0.29, 0.717) is 26.2 Å². The summed E-state index contributed by atoms with van der Waals surface area (Å²) in [6, 6.07) is 8.09. The fraction of sp³-hybridized carbons (Fsp3) is 0.579. The molecule has 0 saturated carbocycles. The third-order valence-electron chi connectivity index (χ3n) is 4.99. The second-order valence-corrected chi connectivity index (χ2v) is 6.75. The van der Waals surface area contributed by atoms with Gasteiger partial charge in [0.1, 0.15) is 5.75 Å². The lowest BCUT2D eigenvalue weighted by atomic mass is 9.95. The van der Waals surface area contributed by atoms with Crippen LogP contribution in [-0.2, 0) is 11.2 Å². The summed E-state index contributed by atoms with van der Waals surface area (Å²) in [6.07, 6.45) is 3.07. The minimum atomic E-state index is -0.0509. The Labute approximate surface area is 148 Å². The van der Waals surface area contributed by atoms with Gasteiger partial charge in [0.25, 0.3) is 0 Å². The van der Waals surface area contributed by atoms with Gasteiger partial charge in [-0.15, -0.1) is 0 Å². The van der Waals surface area contributed by atoms with Gasteiger partial charge in [-0.05, 0) is 44.2 Å². The molecule has 2 heterocycles. The highest BCUT2D eigenvalue weighted by atomic mass is 16.5. The number of ether oxygens (including phenoxy) is 1. The lowest BCUT2D eigenvalue weighted by Gasteiger charge is -2.33. The Bertz CT molecular complexity index is 612. The molecule has 2 aliphatic heterocycles. The lowest BCUT2D eigenvalue weighted by molar-refractivity contribution is -0.126. The number of hydrogen-bond donors (Lipinski definition) is 2. The largest absolute Gasteiger partial charge is 0.493 e. The molecule has 2 N–H and O–H groups in total. The molecule has 1 aromatic carbocycles. The molecule has 3 rings (SSSR count). The number of nitrogens with one attached hydrogen (secondary N) is 2. The van der Waals surface area contributed by atoms with Gasteiger partial charge in [0.05, 0.1) is 6.61 Å². The number of fused-ring (bicyclic) bond motifs is 1. The first-order chi connectivity index (χ1) is 12.2. The van der Waals surface area contributed by atoms with Gasteiger partial charge in [-0.2, -0.15) is 0 Å². The molecule has 0 aliphatic carbocycles. The van der Waals surface area contributed by atoms with E-state index in [-0.39, 0.29) is 23.9 Å². The van der Waals surface area contributed by atoms with Crippen molar-refractivity contribution >= 4 is 11.9 Å². The number of benzene rings is 1. The lowest BCUT2D eigenvalue weighted by Crippen LogP contribution is -2.50. The van der Waals surface area contributed by atoms with E-state index < -0.39 is 0 Å². The number of likely N-dealkylation sites (tertiary alicyclic amines) is 1. The monoisotopic (exact) mass is 345 g/mol. The number of para-hydroxylation sites is 1. The molecule has 136 valence electrons. The third kappa shape index (κ3) is 4.44. The van der Waals surface area contributed by atoms with Crippen LogP contribution in [0.4, 0.5) is 4.79 Å². The summed E-state index contributed by atoms with van der Waals surface area (Å²) in [5, 5.41) is 6.01. The average Bonchev–Trinajstić information content (AvgIpc) is 2.85. The minimum absolute atomic E-state index is 0.00944. The summed E-state index contributed by atoms with van der Waals surface area (Å²) in [4.78, 5) is 26.4. The number of amides is 3. The van der Waals surface area contributed by atoms with Crippen LogP contribution >= 0.6 is 0 Å². The maximum atomic E-state index is 12.7. The number of carbonyl (C=O) groups excluding carboxylic acids is 2. The van der Waals surface area contributed by atoms with Crippen molar-refractivity contribution in [2.24, 2.45) is 5.92 Å². The van der Waals surface area contributed by atoms with Crippen molar-refractivity contribution in [3.8, 4) is 5.75 Å². The smallest absolute Gasteiger partial charge is 0.317 e. The summed E-state index contributed by atoms with van der Waals surface area (Å²) in [5.74, 6) is 0.954. The first kappa shape index (κ1) is 17.6. The molecule has 6 nitrogen and oxygen atoms in total. The summed E-state index contributed by atoms with van der Waals surface area (Å²) in [6.45, 7) is 4.51. The average molecular weight is 345 g/mol. The van der Waals surface area contributed by atoms with Crippen LogP contribution in [0.1, 0.15) is 31.7 Å². The molecular formula is C19H27N3O3. The molecule has 3 amide bonds. The fourth-order valence-corrected chi connectivity index (χ4v) is 3.52. The fourth-order valence-electron chi connectivity index (χ4n) is 3.52. The molecular weight excluding hydrogens is 318 g/mol. The van der Waals surface area contributed by atoms with E-state index in [0.717, 1.165) is 37.0 Å². The Kier molecular flexibility index (Phi) is 5.79. The SMILES string of the molecule is CCNC(=O)N1CCC(NC(=O)[C@H]2CCOc3ccccc3C2)CC1. The Balaban J connectivity index is 1.51. The topological polar surface area (TPSA) is 70.7 Å². The molecule has 0 spiro atoms. The summed E-state index contributed by atoms with van der Waals surface area (Å²) in [5.41, 5.74) is 1.10. The van der Waals surface area contributed by atoms with E-state index in [2.05, 4.69) is 10.6 Å². The van der Waals surface area contributed by atoms with E-state index in [9.17, 15) is 9.59 Å². The zero-order chi connectivity index (χ0) is 17.6. The molecule has 0 radical (unpaired) electrons. The normalized spacial score (nSPS) is 20.8. The van der Waals surface area contributed by atoms with Gasteiger partial charge in [-0.1, -0.05) is 18.2 Å². The first-order valence-corrected chi connectivity index (χ1v) is 9.21. The summed E-state index contributed by atoms with van der Waals surface area (Å²) < 4.78 is 5.75. The Morgan fingerprint density at radius 1 is 1.20 bits per heavy atom. The molecule has 1 fully saturated rings. The van der Waals surface area contributed by atoms with Gasteiger partial charge in [-0.25, -0.2) is 4.79 Å². The van der Waals surface area contributed by atoms with Crippen molar-refractivity contribution in [3.05, 3.63) is 29.8 Å². The van der Waals surface area contributed by atoms with Gasteiger partial charge < -0.3 is 20.3 Å². The van der Waals surface area contributed by atoms with Crippen LogP contribution in [0.15, 0.2) is 24.3 Å². The van der Waals surface area contributed by atoms with Crippen LogP contribution in [0.3, 0.4) is 0 Å². The Hall–Kier alpha value is -2.24. The van der Waals surface area contributed by atoms with Crippen LogP contribution < -0.4 is 15.4 Å².